The van der Waals surface area contributed by atoms with Crippen LogP contribution in [-0.4, -0.2) is 23.5 Å². The van der Waals surface area contributed by atoms with E-state index in [9.17, 15) is 14.0 Å². The molecule has 6 nitrogen and oxygen atoms in total. The van der Waals surface area contributed by atoms with E-state index >= 15 is 0 Å². The minimum atomic E-state index is -0.462. The molecule has 1 atom stereocenters. The highest BCUT2D eigenvalue weighted by atomic mass is 19.1. The summed E-state index contributed by atoms with van der Waals surface area (Å²) < 4.78 is 18.4. The number of aryl methyl sites for hydroxylation is 1. The van der Waals surface area contributed by atoms with Gasteiger partial charge in [0.2, 0.25) is 11.8 Å². The third-order valence-corrected chi connectivity index (χ3v) is 4.97. The first-order valence-electron chi connectivity index (χ1n) is 9.36. The molecule has 0 radical (unpaired) electrons. The van der Waals surface area contributed by atoms with E-state index in [1.165, 1.54) is 29.2 Å². The predicted molar refractivity (Wildman–Crippen MR) is 105 cm³/mol. The average Bonchev–Trinajstić information content (AvgIpc) is 3.34. The van der Waals surface area contributed by atoms with Crippen LogP contribution in [0, 0.1) is 18.7 Å². The molecule has 1 fully saturated rings. The molecule has 1 aromatic heterocycles. The summed E-state index contributed by atoms with van der Waals surface area (Å²) in [6, 6.07) is 15.3. The highest BCUT2D eigenvalue weighted by Crippen LogP contribution is 2.26. The van der Waals surface area contributed by atoms with Gasteiger partial charge in [-0.25, -0.2) is 4.39 Å². The molecule has 29 heavy (non-hydrogen) atoms. The van der Waals surface area contributed by atoms with Crippen LogP contribution < -0.4 is 10.2 Å². The van der Waals surface area contributed by atoms with Crippen LogP contribution in [0.4, 0.5) is 10.1 Å². The first-order chi connectivity index (χ1) is 14.0. The van der Waals surface area contributed by atoms with Gasteiger partial charge in [0.05, 0.1) is 12.5 Å². The summed E-state index contributed by atoms with van der Waals surface area (Å²) in [4.78, 5) is 26.3. The van der Waals surface area contributed by atoms with Gasteiger partial charge in [-0.1, -0.05) is 35.0 Å². The summed E-state index contributed by atoms with van der Waals surface area (Å²) in [5.41, 5.74) is 3.26. The Bertz CT molecular complexity index is 1030. The largest absolute Gasteiger partial charge is 0.356 e. The highest BCUT2D eigenvalue weighted by molar-refractivity contribution is 6.00. The van der Waals surface area contributed by atoms with Crippen LogP contribution in [0.15, 0.2) is 59.1 Å². The molecule has 1 saturated heterocycles. The average molecular weight is 393 g/mol. The van der Waals surface area contributed by atoms with Crippen molar-refractivity contribution in [2.75, 3.05) is 11.4 Å². The Labute approximate surface area is 167 Å². The third kappa shape index (κ3) is 4.18. The Balaban J connectivity index is 1.35. The van der Waals surface area contributed by atoms with Crippen molar-refractivity contribution in [3.8, 4) is 11.3 Å². The molecule has 2 heterocycles. The van der Waals surface area contributed by atoms with Gasteiger partial charge in [-0.05, 0) is 31.2 Å². The van der Waals surface area contributed by atoms with Gasteiger partial charge in [0.1, 0.15) is 11.5 Å². The first kappa shape index (κ1) is 18.9. The standard InChI is InChI=1S/C22H20FN3O3/c1-14-2-4-15(5-3-14)20-11-18(25-29-20)12-24-22(28)16-10-21(27)26(13-16)19-8-6-17(23)7-9-19/h2-9,11,16H,10,12-13H2,1H3,(H,24,28)/t16-/m0/s1. The van der Waals surface area contributed by atoms with Gasteiger partial charge in [-0.15, -0.1) is 0 Å². The second-order valence-electron chi connectivity index (χ2n) is 7.15. The van der Waals surface area contributed by atoms with Crippen LogP contribution in [0.3, 0.4) is 0 Å². The van der Waals surface area contributed by atoms with Gasteiger partial charge >= 0.3 is 0 Å². The fourth-order valence-corrected chi connectivity index (χ4v) is 3.32. The van der Waals surface area contributed by atoms with Crippen molar-refractivity contribution in [2.45, 2.75) is 19.9 Å². The number of carbonyl (C=O) groups excluding carboxylic acids is 2. The molecule has 0 aliphatic carbocycles. The van der Waals surface area contributed by atoms with Crippen molar-refractivity contribution in [2.24, 2.45) is 5.92 Å². The smallest absolute Gasteiger partial charge is 0.227 e. The second-order valence-corrected chi connectivity index (χ2v) is 7.15. The normalized spacial score (nSPS) is 16.3. The van der Waals surface area contributed by atoms with E-state index in [4.69, 9.17) is 4.52 Å². The summed E-state index contributed by atoms with van der Waals surface area (Å²) in [5.74, 6) is -0.571. The molecular formula is C22H20FN3O3. The van der Waals surface area contributed by atoms with Crippen LogP contribution in [0.2, 0.25) is 0 Å². The van der Waals surface area contributed by atoms with E-state index in [0.29, 0.717) is 17.1 Å². The predicted octanol–water partition coefficient (Wildman–Crippen LogP) is 3.46. The monoisotopic (exact) mass is 393 g/mol. The lowest BCUT2D eigenvalue weighted by atomic mass is 10.1. The maximum absolute atomic E-state index is 13.1. The van der Waals surface area contributed by atoms with Crippen molar-refractivity contribution in [1.29, 1.82) is 0 Å². The zero-order valence-corrected chi connectivity index (χ0v) is 15.9. The van der Waals surface area contributed by atoms with Gasteiger partial charge in [-0.2, -0.15) is 0 Å². The van der Waals surface area contributed by atoms with Gasteiger partial charge in [-0.3, -0.25) is 9.59 Å². The number of halogens is 1. The van der Waals surface area contributed by atoms with Gasteiger partial charge in [0.25, 0.3) is 0 Å². The lowest BCUT2D eigenvalue weighted by Gasteiger charge is -2.16. The Morgan fingerprint density at radius 1 is 1.21 bits per heavy atom. The zero-order chi connectivity index (χ0) is 20.4. The van der Waals surface area contributed by atoms with Crippen LogP contribution in [0.25, 0.3) is 11.3 Å². The van der Waals surface area contributed by atoms with E-state index in [-0.39, 0.29) is 37.1 Å². The summed E-state index contributed by atoms with van der Waals surface area (Å²) >= 11 is 0. The van der Waals surface area contributed by atoms with Gasteiger partial charge in [0.15, 0.2) is 5.76 Å². The maximum atomic E-state index is 13.1. The van der Waals surface area contributed by atoms with E-state index in [2.05, 4.69) is 10.5 Å². The molecule has 3 aromatic rings. The quantitative estimate of drug-likeness (QED) is 0.720. The van der Waals surface area contributed by atoms with Crippen molar-refractivity contribution < 1.29 is 18.5 Å². The maximum Gasteiger partial charge on any atom is 0.227 e. The van der Waals surface area contributed by atoms with Crippen molar-refractivity contribution in [1.82, 2.24) is 10.5 Å². The Kier molecular flexibility index (Phi) is 5.12. The van der Waals surface area contributed by atoms with Crippen molar-refractivity contribution in [3.63, 3.8) is 0 Å². The van der Waals surface area contributed by atoms with E-state index < -0.39 is 5.92 Å². The number of rotatable bonds is 5. The fraction of sp³-hybridized carbons (Fsp3) is 0.227. The number of aromatic nitrogens is 1. The molecule has 7 heteroatoms. The summed E-state index contributed by atoms with van der Waals surface area (Å²) in [6.07, 6.45) is 0.122. The molecular weight excluding hydrogens is 373 g/mol. The van der Waals surface area contributed by atoms with Crippen LogP contribution in [0.5, 0.6) is 0 Å². The number of amides is 2. The number of hydrogen-bond acceptors (Lipinski definition) is 4. The molecule has 4 rings (SSSR count). The molecule has 148 valence electrons. The van der Waals surface area contributed by atoms with Crippen molar-refractivity contribution in [3.05, 3.63) is 71.7 Å². The molecule has 2 amide bonds. The SMILES string of the molecule is Cc1ccc(-c2cc(CNC(=O)[C@H]3CC(=O)N(c4ccc(F)cc4)C3)no2)cc1. The van der Waals surface area contributed by atoms with E-state index in [0.717, 1.165) is 11.1 Å². The lowest BCUT2D eigenvalue weighted by Crippen LogP contribution is -2.32. The molecule has 2 aromatic carbocycles. The highest BCUT2D eigenvalue weighted by Gasteiger charge is 2.35. The molecule has 0 unspecified atom stereocenters. The number of carbonyl (C=O) groups is 2. The number of nitrogens with one attached hydrogen (secondary N) is 1. The molecule has 0 spiro atoms. The summed E-state index contributed by atoms with van der Waals surface area (Å²) in [5, 5.41) is 6.81. The van der Waals surface area contributed by atoms with Crippen LogP contribution in [-0.2, 0) is 16.1 Å². The minimum Gasteiger partial charge on any atom is -0.356 e. The summed E-state index contributed by atoms with van der Waals surface area (Å²) in [6.45, 7) is 2.50. The zero-order valence-electron chi connectivity index (χ0n) is 15.9. The van der Waals surface area contributed by atoms with E-state index in [1.54, 1.807) is 6.07 Å². The molecule has 1 N–H and O–H groups in total. The first-order valence-corrected chi connectivity index (χ1v) is 9.36. The number of hydrogen-bond donors (Lipinski definition) is 1. The molecule has 0 bridgehead atoms. The van der Waals surface area contributed by atoms with Crippen LogP contribution in [0.1, 0.15) is 17.7 Å². The number of anilines is 1. The Hall–Kier alpha value is -3.48. The lowest BCUT2D eigenvalue weighted by molar-refractivity contribution is -0.126. The third-order valence-electron chi connectivity index (χ3n) is 4.97. The van der Waals surface area contributed by atoms with Gasteiger partial charge in [0, 0.05) is 30.3 Å². The second kappa shape index (κ2) is 7.87. The van der Waals surface area contributed by atoms with Gasteiger partial charge < -0.3 is 14.7 Å². The van der Waals surface area contributed by atoms with Crippen LogP contribution >= 0.6 is 0 Å². The number of nitrogens with zero attached hydrogens (tertiary/aromatic N) is 2. The Morgan fingerprint density at radius 2 is 1.93 bits per heavy atom. The molecule has 1 aliphatic heterocycles. The van der Waals surface area contributed by atoms with E-state index in [1.807, 2.05) is 31.2 Å². The summed E-state index contributed by atoms with van der Waals surface area (Å²) in [7, 11) is 0. The van der Waals surface area contributed by atoms with Crippen molar-refractivity contribution >= 4 is 17.5 Å². The number of benzene rings is 2. The molecule has 1 aliphatic rings. The Morgan fingerprint density at radius 3 is 2.66 bits per heavy atom. The molecule has 0 saturated carbocycles. The topological polar surface area (TPSA) is 75.4 Å². The minimum absolute atomic E-state index is 0.122. The fourth-order valence-electron chi connectivity index (χ4n) is 3.32.